The fourth-order valence-electron chi connectivity index (χ4n) is 4.29. The van der Waals surface area contributed by atoms with Crippen LogP contribution in [-0.4, -0.2) is 51.4 Å². The number of amides is 2. The Morgan fingerprint density at radius 2 is 1.33 bits per heavy atom. The summed E-state index contributed by atoms with van der Waals surface area (Å²) < 4.78 is 0. The van der Waals surface area contributed by atoms with Gasteiger partial charge in [0.05, 0.1) is 18.1 Å². The Morgan fingerprint density at radius 3 is 1.90 bits per heavy atom. The summed E-state index contributed by atoms with van der Waals surface area (Å²) in [7, 11) is 0. The predicted octanol–water partition coefficient (Wildman–Crippen LogP) is 2.00. The van der Waals surface area contributed by atoms with E-state index in [9.17, 15) is 24.9 Å². The van der Waals surface area contributed by atoms with E-state index in [0.29, 0.717) is 6.42 Å². The molecule has 206 valence electrons. The van der Waals surface area contributed by atoms with Crippen LogP contribution in [-0.2, 0) is 28.9 Å². The van der Waals surface area contributed by atoms with Gasteiger partial charge in [-0.25, -0.2) is 0 Å². The van der Waals surface area contributed by atoms with Crippen molar-refractivity contribution in [1.82, 2.24) is 5.32 Å². The van der Waals surface area contributed by atoms with Gasteiger partial charge in [0.2, 0.25) is 11.8 Å². The number of hydrogen-bond acceptors (Lipinski definition) is 6. The van der Waals surface area contributed by atoms with Gasteiger partial charge in [-0.3, -0.25) is 9.59 Å². The number of phenolic OH excluding ortho intramolecular Hbond substituents is 1. The largest absolute Gasteiger partial charge is 0.508 e. The molecule has 5 atom stereocenters. The number of aromatic hydroxyl groups is 1. The third-order valence-electron chi connectivity index (χ3n) is 6.60. The number of primary amides is 1. The molecule has 8 N–H and O–H groups in total. The number of carbonyl (C=O) groups is 2. The van der Waals surface area contributed by atoms with Crippen LogP contribution in [0.1, 0.15) is 23.1 Å². The van der Waals surface area contributed by atoms with E-state index in [4.69, 9.17) is 11.5 Å². The van der Waals surface area contributed by atoms with Gasteiger partial charge in [0.25, 0.3) is 0 Å². The third kappa shape index (κ3) is 9.68. The standard InChI is InChI=1S/C31H37N3O5/c32-26(19-23-14-16-24(35)17-15-23)29(37)13-7-12-28(36)25(18-21-8-3-1-4-9-21)31(39)34-27(30(33)38)20-22-10-5-2-6-11-22/h1-12,14-17,25-29,35-37H,13,18-20,32H2,(H2,33,38)(H,34,39)/b12-7-/t25-,26+,27+,28+,29-/m1/s1. The number of aliphatic hydroxyl groups is 2. The number of rotatable bonds is 14. The number of phenols is 1. The molecule has 2 amide bonds. The van der Waals surface area contributed by atoms with E-state index in [0.717, 1.165) is 16.7 Å². The van der Waals surface area contributed by atoms with Crippen LogP contribution in [0.15, 0.2) is 97.1 Å². The fraction of sp³-hybridized carbons (Fsp3) is 0.290. The van der Waals surface area contributed by atoms with Crippen LogP contribution in [0.3, 0.4) is 0 Å². The molecular weight excluding hydrogens is 494 g/mol. The summed E-state index contributed by atoms with van der Waals surface area (Å²) in [6.07, 6.45) is 2.06. The van der Waals surface area contributed by atoms with E-state index in [-0.39, 0.29) is 25.0 Å². The van der Waals surface area contributed by atoms with Gasteiger partial charge in [-0.05, 0) is 48.1 Å². The van der Waals surface area contributed by atoms with Crippen LogP contribution < -0.4 is 16.8 Å². The number of hydrogen-bond donors (Lipinski definition) is 6. The molecule has 0 unspecified atom stereocenters. The summed E-state index contributed by atoms with van der Waals surface area (Å²) in [6, 6.07) is 23.6. The van der Waals surface area contributed by atoms with Crippen molar-refractivity contribution >= 4 is 11.8 Å². The quantitative estimate of drug-likeness (QED) is 0.175. The highest BCUT2D eigenvalue weighted by molar-refractivity contribution is 5.88. The lowest BCUT2D eigenvalue weighted by Crippen LogP contribution is -2.50. The number of benzene rings is 3. The molecule has 39 heavy (non-hydrogen) atoms. The molecule has 3 rings (SSSR count). The van der Waals surface area contributed by atoms with Gasteiger partial charge in [0, 0.05) is 12.5 Å². The zero-order valence-corrected chi connectivity index (χ0v) is 21.8. The molecule has 0 aromatic heterocycles. The maximum absolute atomic E-state index is 13.3. The molecule has 3 aromatic carbocycles. The Balaban J connectivity index is 1.66. The second-order valence-electron chi connectivity index (χ2n) is 9.71. The minimum Gasteiger partial charge on any atom is -0.508 e. The Hall–Kier alpha value is -3.98. The average Bonchev–Trinajstić information content (AvgIpc) is 2.93. The molecule has 3 aromatic rings. The Kier molecular flexibility index (Phi) is 11.2. The Morgan fingerprint density at radius 1 is 0.795 bits per heavy atom. The van der Waals surface area contributed by atoms with Crippen LogP contribution >= 0.6 is 0 Å². The summed E-state index contributed by atoms with van der Waals surface area (Å²) in [5, 5.41) is 33.6. The molecule has 0 bridgehead atoms. The van der Waals surface area contributed by atoms with Gasteiger partial charge in [-0.2, -0.15) is 0 Å². The van der Waals surface area contributed by atoms with Gasteiger partial charge >= 0.3 is 0 Å². The summed E-state index contributed by atoms with van der Waals surface area (Å²) >= 11 is 0. The van der Waals surface area contributed by atoms with Gasteiger partial charge in [-0.15, -0.1) is 0 Å². The van der Waals surface area contributed by atoms with Crippen molar-refractivity contribution in [2.24, 2.45) is 17.4 Å². The minimum atomic E-state index is -1.18. The van der Waals surface area contributed by atoms with Crippen LogP contribution in [0.5, 0.6) is 5.75 Å². The summed E-state index contributed by atoms with van der Waals surface area (Å²) in [5.41, 5.74) is 14.3. The number of aliphatic hydroxyl groups excluding tert-OH is 2. The van der Waals surface area contributed by atoms with Crippen molar-refractivity contribution < 1.29 is 24.9 Å². The molecule has 0 aliphatic heterocycles. The first-order valence-corrected chi connectivity index (χ1v) is 13.0. The highest BCUT2D eigenvalue weighted by Gasteiger charge is 2.29. The zero-order valence-electron chi connectivity index (χ0n) is 21.8. The maximum atomic E-state index is 13.3. The summed E-state index contributed by atoms with van der Waals surface area (Å²) in [6.45, 7) is 0. The van der Waals surface area contributed by atoms with E-state index >= 15 is 0 Å². The van der Waals surface area contributed by atoms with Crippen molar-refractivity contribution in [2.45, 2.75) is 50.0 Å². The van der Waals surface area contributed by atoms with Gasteiger partial charge < -0.3 is 32.1 Å². The summed E-state index contributed by atoms with van der Waals surface area (Å²) in [4.78, 5) is 25.5. The summed E-state index contributed by atoms with van der Waals surface area (Å²) in [5.74, 6) is -1.91. The molecule has 0 spiro atoms. The van der Waals surface area contributed by atoms with Crippen molar-refractivity contribution in [1.29, 1.82) is 0 Å². The van der Waals surface area contributed by atoms with Crippen LogP contribution in [0.2, 0.25) is 0 Å². The maximum Gasteiger partial charge on any atom is 0.240 e. The van der Waals surface area contributed by atoms with Crippen LogP contribution in [0, 0.1) is 5.92 Å². The highest BCUT2D eigenvalue weighted by Crippen LogP contribution is 2.17. The monoisotopic (exact) mass is 531 g/mol. The van der Waals surface area contributed by atoms with Gasteiger partial charge in [0.1, 0.15) is 11.8 Å². The number of nitrogens with two attached hydrogens (primary N) is 2. The molecule has 0 saturated carbocycles. The van der Waals surface area contributed by atoms with Gasteiger partial charge in [0.15, 0.2) is 0 Å². The molecule has 0 fully saturated rings. The van der Waals surface area contributed by atoms with Crippen molar-refractivity contribution in [3.8, 4) is 5.75 Å². The highest BCUT2D eigenvalue weighted by atomic mass is 16.3. The lowest BCUT2D eigenvalue weighted by Gasteiger charge is -2.24. The first-order chi connectivity index (χ1) is 18.7. The Bertz CT molecular complexity index is 1200. The van der Waals surface area contributed by atoms with E-state index in [1.807, 2.05) is 60.7 Å². The molecule has 8 nitrogen and oxygen atoms in total. The third-order valence-corrected chi connectivity index (χ3v) is 6.60. The van der Waals surface area contributed by atoms with Gasteiger partial charge in [-0.1, -0.05) is 84.9 Å². The van der Waals surface area contributed by atoms with E-state index in [1.54, 1.807) is 30.3 Å². The smallest absolute Gasteiger partial charge is 0.240 e. The lowest BCUT2D eigenvalue weighted by molar-refractivity contribution is -0.131. The number of carbonyl (C=O) groups excluding carboxylic acids is 2. The molecule has 0 saturated heterocycles. The van der Waals surface area contributed by atoms with E-state index < -0.39 is 42.0 Å². The van der Waals surface area contributed by atoms with E-state index in [1.165, 1.54) is 6.08 Å². The molecule has 0 aliphatic rings. The SMILES string of the molecule is NC(=O)[C@H](Cc1ccccc1)NC(=O)[C@H](Cc1ccccc1)[C@@H](O)/C=C\C[C@@H](O)[C@@H](N)Cc1ccc(O)cc1. The lowest BCUT2D eigenvalue weighted by atomic mass is 9.91. The average molecular weight is 532 g/mol. The van der Waals surface area contributed by atoms with E-state index in [2.05, 4.69) is 5.32 Å². The second-order valence-corrected chi connectivity index (χ2v) is 9.71. The van der Waals surface area contributed by atoms with Crippen molar-refractivity contribution in [3.63, 3.8) is 0 Å². The molecule has 0 heterocycles. The first kappa shape index (κ1) is 29.6. The topological polar surface area (TPSA) is 159 Å². The molecular formula is C31H37N3O5. The van der Waals surface area contributed by atoms with Crippen LogP contribution in [0.4, 0.5) is 0 Å². The Labute approximate surface area is 229 Å². The zero-order chi connectivity index (χ0) is 28.2. The van der Waals surface area contributed by atoms with Crippen molar-refractivity contribution in [2.75, 3.05) is 0 Å². The minimum absolute atomic E-state index is 0.154. The predicted molar refractivity (Wildman–Crippen MR) is 150 cm³/mol. The fourth-order valence-corrected chi connectivity index (χ4v) is 4.29. The van der Waals surface area contributed by atoms with Crippen molar-refractivity contribution in [3.05, 3.63) is 114 Å². The molecule has 0 aliphatic carbocycles. The molecule has 8 heteroatoms. The molecule has 0 radical (unpaired) electrons. The number of nitrogens with one attached hydrogen (secondary N) is 1. The normalized spacial score (nSPS) is 15.3. The second kappa shape index (κ2) is 14.8. The first-order valence-electron chi connectivity index (χ1n) is 13.0. The van der Waals surface area contributed by atoms with Crippen LogP contribution in [0.25, 0.3) is 0 Å².